The number of aromatic hydroxyl groups is 1. The quantitative estimate of drug-likeness (QED) is 0.522. The second-order valence-electron chi connectivity index (χ2n) is 7.05. The van der Waals surface area contributed by atoms with Crippen LogP contribution < -0.4 is 4.90 Å². The molecule has 3 heterocycles. The van der Waals surface area contributed by atoms with Crippen LogP contribution in [0.3, 0.4) is 0 Å². The number of hydrogen-bond donors (Lipinski definition) is 1. The Balaban J connectivity index is 1.81. The van der Waals surface area contributed by atoms with Crippen molar-refractivity contribution in [2.24, 2.45) is 7.05 Å². The van der Waals surface area contributed by atoms with Crippen molar-refractivity contribution in [2.45, 2.75) is 19.9 Å². The normalized spacial score (nSPS) is 11.4. The van der Waals surface area contributed by atoms with Gasteiger partial charge in [0.05, 0.1) is 24.0 Å². The van der Waals surface area contributed by atoms with Crippen molar-refractivity contribution in [3.63, 3.8) is 0 Å². The highest BCUT2D eigenvalue weighted by molar-refractivity contribution is 6.12. The molecule has 1 aromatic carbocycles. The second kappa shape index (κ2) is 7.62. The Hall–Kier alpha value is -3.68. The molecule has 4 rings (SSSR count). The van der Waals surface area contributed by atoms with Crippen molar-refractivity contribution in [2.75, 3.05) is 4.90 Å². The van der Waals surface area contributed by atoms with E-state index in [0.29, 0.717) is 22.6 Å². The lowest BCUT2D eigenvalue weighted by Gasteiger charge is -2.23. The van der Waals surface area contributed by atoms with E-state index in [0.717, 1.165) is 11.0 Å². The Labute approximate surface area is 171 Å². The largest absolute Gasteiger partial charge is 0.508 e. The van der Waals surface area contributed by atoms with Gasteiger partial charge in [-0.2, -0.15) is 0 Å². The highest BCUT2D eigenvalue weighted by Gasteiger charge is 2.24. The first kappa shape index (κ1) is 19.6. The molecule has 30 heavy (non-hydrogen) atoms. The number of fused-ring (bicyclic) bond motifs is 1. The number of carbonyl (C=O) groups is 1. The van der Waals surface area contributed by atoms with Gasteiger partial charge in [-0.3, -0.25) is 9.69 Å². The number of phenolic OH excluding ortho intramolecular Hbond substituents is 1. The number of hydrogen-bond acceptors (Lipinski definition) is 3. The fraction of sp³-hybridized carbons (Fsp3) is 0.182. The van der Waals surface area contributed by atoms with Crippen LogP contribution in [0.4, 0.5) is 20.2 Å². The molecule has 0 unspecified atom stereocenters. The molecular formula is C22H20F2N4O2. The third-order valence-corrected chi connectivity index (χ3v) is 5.07. The SMILES string of the molecule is Cc1c(C(=O)N(c2ccc(O)cc2)c2cnc3c(ccn3C)c2)ccn1CC(F)F. The zero-order valence-corrected chi connectivity index (χ0v) is 16.5. The van der Waals surface area contributed by atoms with E-state index in [-0.39, 0.29) is 11.7 Å². The summed E-state index contributed by atoms with van der Waals surface area (Å²) in [4.78, 5) is 19.5. The first-order chi connectivity index (χ1) is 14.3. The first-order valence-corrected chi connectivity index (χ1v) is 9.33. The van der Waals surface area contributed by atoms with E-state index in [1.165, 1.54) is 27.8 Å². The minimum absolute atomic E-state index is 0.0713. The Kier molecular flexibility index (Phi) is 4.99. The summed E-state index contributed by atoms with van der Waals surface area (Å²) in [5.41, 5.74) is 2.60. The molecule has 0 spiro atoms. The number of aryl methyl sites for hydroxylation is 1. The van der Waals surface area contributed by atoms with E-state index in [2.05, 4.69) is 4.98 Å². The molecule has 0 aliphatic heterocycles. The number of amides is 1. The van der Waals surface area contributed by atoms with Gasteiger partial charge in [0.2, 0.25) is 0 Å². The average Bonchev–Trinajstić information content (AvgIpc) is 3.26. The molecule has 0 saturated heterocycles. The number of pyridine rings is 1. The van der Waals surface area contributed by atoms with Crippen molar-refractivity contribution in [1.29, 1.82) is 0 Å². The minimum Gasteiger partial charge on any atom is -0.508 e. The van der Waals surface area contributed by atoms with Gasteiger partial charge in [-0.1, -0.05) is 0 Å². The van der Waals surface area contributed by atoms with Crippen molar-refractivity contribution >= 4 is 28.3 Å². The maximum atomic E-state index is 13.5. The maximum Gasteiger partial charge on any atom is 0.264 e. The van der Waals surface area contributed by atoms with Gasteiger partial charge in [0, 0.05) is 36.2 Å². The van der Waals surface area contributed by atoms with Crippen LogP contribution in [0.2, 0.25) is 0 Å². The lowest BCUT2D eigenvalue weighted by atomic mass is 10.1. The van der Waals surface area contributed by atoms with Crippen LogP contribution in [0.5, 0.6) is 5.75 Å². The second-order valence-corrected chi connectivity index (χ2v) is 7.05. The monoisotopic (exact) mass is 410 g/mol. The van der Waals surface area contributed by atoms with Crippen molar-refractivity contribution in [1.82, 2.24) is 14.1 Å². The van der Waals surface area contributed by atoms with E-state index in [4.69, 9.17) is 0 Å². The molecule has 0 atom stereocenters. The molecule has 0 aliphatic carbocycles. The molecule has 0 saturated carbocycles. The van der Waals surface area contributed by atoms with E-state index < -0.39 is 13.0 Å². The van der Waals surface area contributed by atoms with Gasteiger partial charge in [-0.05, 0) is 49.4 Å². The molecule has 3 aromatic heterocycles. The summed E-state index contributed by atoms with van der Waals surface area (Å²) in [5.74, 6) is -0.301. The zero-order valence-electron chi connectivity index (χ0n) is 16.5. The predicted molar refractivity (Wildman–Crippen MR) is 110 cm³/mol. The van der Waals surface area contributed by atoms with Gasteiger partial charge < -0.3 is 14.2 Å². The summed E-state index contributed by atoms with van der Waals surface area (Å²) in [6.45, 7) is 1.17. The van der Waals surface area contributed by atoms with Gasteiger partial charge in [-0.25, -0.2) is 13.8 Å². The predicted octanol–water partition coefficient (Wildman–Crippen LogP) is 4.63. The average molecular weight is 410 g/mol. The van der Waals surface area contributed by atoms with E-state index in [9.17, 15) is 18.7 Å². The number of anilines is 2. The summed E-state index contributed by atoms with van der Waals surface area (Å²) in [6, 6.07) is 11.5. The molecule has 8 heteroatoms. The van der Waals surface area contributed by atoms with Gasteiger partial charge in [0.25, 0.3) is 12.3 Å². The number of rotatable bonds is 5. The number of benzene rings is 1. The van der Waals surface area contributed by atoms with Crippen LogP contribution in [0.25, 0.3) is 11.0 Å². The smallest absolute Gasteiger partial charge is 0.264 e. The summed E-state index contributed by atoms with van der Waals surface area (Å²) in [6.07, 6.45) is 2.45. The Morgan fingerprint density at radius 2 is 1.87 bits per heavy atom. The Morgan fingerprint density at radius 3 is 2.57 bits per heavy atom. The number of phenols is 1. The summed E-state index contributed by atoms with van der Waals surface area (Å²) < 4.78 is 28.9. The Morgan fingerprint density at radius 1 is 1.13 bits per heavy atom. The van der Waals surface area contributed by atoms with E-state index in [1.807, 2.05) is 29.9 Å². The van der Waals surface area contributed by atoms with E-state index in [1.54, 1.807) is 31.3 Å². The van der Waals surface area contributed by atoms with Gasteiger partial charge in [-0.15, -0.1) is 0 Å². The third-order valence-electron chi connectivity index (χ3n) is 5.07. The number of carbonyl (C=O) groups excluding carboxylic acids is 1. The fourth-order valence-electron chi connectivity index (χ4n) is 3.50. The summed E-state index contributed by atoms with van der Waals surface area (Å²) >= 11 is 0. The van der Waals surface area contributed by atoms with Crippen LogP contribution >= 0.6 is 0 Å². The van der Waals surface area contributed by atoms with Crippen LogP contribution in [-0.2, 0) is 13.6 Å². The molecule has 1 N–H and O–H groups in total. The summed E-state index contributed by atoms with van der Waals surface area (Å²) in [5, 5.41) is 10.5. The van der Waals surface area contributed by atoms with Crippen molar-refractivity contribution < 1.29 is 18.7 Å². The highest BCUT2D eigenvalue weighted by atomic mass is 19.3. The van der Waals surface area contributed by atoms with Crippen LogP contribution in [0, 0.1) is 6.92 Å². The molecule has 4 aromatic rings. The maximum absolute atomic E-state index is 13.5. The lowest BCUT2D eigenvalue weighted by molar-refractivity contribution is 0.0996. The van der Waals surface area contributed by atoms with Gasteiger partial charge in [0.15, 0.2) is 0 Å². The highest BCUT2D eigenvalue weighted by Crippen LogP contribution is 2.31. The van der Waals surface area contributed by atoms with Gasteiger partial charge >= 0.3 is 0 Å². The molecule has 1 amide bonds. The van der Waals surface area contributed by atoms with Gasteiger partial charge in [0.1, 0.15) is 11.4 Å². The molecule has 0 aliphatic rings. The number of halogens is 2. The Bertz CT molecular complexity index is 1210. The number of nitrogens with zero attached hydrogens (tertiary/aromatic N) is 4. The minimum atomic E-state index is -2.52. The molecule has 154 valence electrons. The van der Waals surface area contributed by atoms with Crippen molar-refractivity contribution in [3.05, 3.63) is 72.3 Å². The van der Waals surface area contributed by atoms with Crippen LogP contribution in [-0.4, -0.2) is 31.6 Å². The molecular weight excluding hydrogens is 390 g/mol. The first-order valence-electron chi connectivity index (χ1n) is 9.33. The molecule has 0 fully saturated rings. The lowest BCUT2D eigenvalue weighted by Crippen LogP contribution is -2.26. The zero-order chi connectivity index (χ0) is 21.4. The molecule has 0 bridgehead atoms. The van der Waals surface area contributed by atoms with Crippen LogP contribution in [0.15, 0.2) is 61.1 Å². The molecule has 6 nitrogen and oxygen atoms in total. The number of alkyl halides is 2. The third kappa shape index (κ3) is 3.52. The molecule has 0 radical (unpaired) electrons. The number of aromatic nitrogens is 3. The summed E-state index contributed by atoms with van der Waals surface area (Å²) in [7, 11) is 1.88. The fourth-order valence-corrected chi connectivity index (χ4v) is 3.50. The van der Waals surface area contributed by atoms with Crippen LogP contribution in [0.1, 0.15) is 16.1 Å². The van der Waals surface area contributed by atoms with E-state index >= 15 is 0 Å². The standard InChI is InChI=1S/C22H20F2N4O2/c1-14-19(8-10-27(14)13-20(23)24)22(30)28(16-3-5-18(29)6-4-16)17-11-15-7-9-26(2)21(15)25-12-17/h3-12,20,29H,13H2,1-2H3. The van der Waals surface area contributed by atoms with Crippen molar-refractivity contribution in [3.8, 4) is 5.75 Å². The topological polar surface area (TPSA) is 63.3 Å².